The first-order valence-electron chi connectivity index (χ1n) is 14.2. The van der Waals surface area contributed by atoms with Crippen molar-refractivity contribution in [3.8, 4) is 17.2 Å². The number of amides is 1. The first-order chi connectivity index (χ1) is 19.5. The number of aromatic nitrogens is 2. The molecule has 0 saturated carbocycles. The topological polar surface area (TPSA) is 74.6 Å². The molecule has 7 heteroatoms. The number of fused-ring (bicyclic) bond motifs is 1. The van der Waals surface area contributed by atoms with Crippen molar-refractivity contribution in [1.82, 2.24) is 14.9 Å². The molecule has 1 N–H and O–H groups in total. The van der Waals surface area contributed by atoms with Crippen LogP contribution >= 0.6 is 0 Å². The van der Waals surface area contributed by atoms with E-state index in [-0.39, 0.29) is 12.5 Å². The zero-order chi connectivity index (χ0) is 28.2. The Morgan fingerprint density at radius 1 is 0.875 bits per heavy atom. The molecule has 0 bridgehead atoms. The Morgan fingerprint density at radius 3 is 2.50 bits per heavy atom. The second kappa shape index (κ2) is 15.0. The highest BCUT2D eigenvalue weighted by Crippen LogP contribution is 2.21. The lowest BCUT2D eigenvalue weighted by molar-refractivity contribution is -0.123. The summed E-state index contributed by atoms with van der Waals surface area (Å²) in [7, 11) is 1.66. The molecule has 0 aliphatic carbocycles. The van der Waals surface area contributed by atoms with Gasteiger partial charge >= 0.3 is 0 Å². The Bertz CT molecular complexity index is 1360. The van der Waals surface area contributed by atoms with Crippen molar-refractivity contribution in [3.05, 3.63) is 83.7 Å². The first kappa shape index (κ1) is 29.0. The fraction of sp³-hybridized carbons (Fsp3) is 0.394. The van der Waals surface area contributed by atoms with Crippen molar-refractivity contribution in [2.75, 3.05) is 26.9 Å². The number of benzene rings is 3. The van der Waals surface area contributed by atoms with E-state index in [9.17, 15) is 4.79 Å². The fourth-order valence-electron chi connectivity index (χ4n) is 4.67. The molecule has 7 nitrogen and oxygen atoms in total. The molecular formula is C33H41N3O4. The van der Waals surface area contributed by atoms with E-state index in [1.54, 1.807) is 7.11 Å². The SMILES string of the molecule is COc1ccc(OCCCCn2c(CCCCCNC(=O)COc3cc(C)ccc3C)nc3ccccc32)cc1. The Labute approximate surface area is 237 Å². The molecule has 40 heavy (non-hydrogen) atoms. The number of nitrogens with one attached hydrogen (secondary N) is 1. The minimum Gasteiger partial charge on any atom is -0.497 e. The van der Waals surface area contributed by atoms with Gasteiger partial charge in [0, 0.05) is 19.5 Å². The number of carbonyl (C=O) groups excluding carboxylic acids is 1. The minimum atomic E-state index is -0.0846. The van der Waals surface area contributed by atoms with Gasteiger partial charge < -0.3 is 24.1 Å². The zero-order valence-electron chi connectivity index (χ0n) is 23.9. The molecule has 1 aromatic heterocycles. The molecule has 0 spiro atoms. The normalized spacial score (nSPS) is 11.0. The number of rotatable bonds is 16. The highest BCUT2D eigenvalue weighted by molar-refractivity contribution is 5.77. The van der Waals surface area contributed by atoms with Gasteiger partial charge in [-0.2, -0.15) is 0 Å². The summed E-state index contributed by atoms with van der Waals surface area (Å²) >= 11 is 0. The predicted octanol–water partition coefficient (Wildman–Crippen LogP) is 6.43. The third kappa shape index (κ3) is 8.50. The predicted molar refractivity (Wildman–Crippen MR) is 159 cm³/mol. The lowest BCUT2D eigenvalue weighted by Gasteiger charge is -2.11. The van der Waals surface area contributed by atoms with Gasteiger partial charge in [-0.25, -0.2) is 4.98 Å². The van der Waals surface area contributed by atoms with Crippen LogP contribution in [0.5, 0.6) is 17.2 Å². The lowest BCUT2D eigenvalue weighted by atomic mass is 10.1. The molecule has 0 atom stereocenters. The van der Waals surface area contributed by atoms with Crippen LogP contribution in [0.2, 0.25) is 0 Å². The average Bonchev–Trinajstić information content (AvgIpc) is 3.32. The molecule has 212 valence electrons. The monoisotopic (exact) mass is 543 g/mol. The molecule has 0 fully saturated rings. The van der Waals surface area contributed by atoms with Gasteiger partial charge in [-0.3, -0.25) is 4.79 Å². The number of unbranched alkanes of at least 4 members (excludes halogenated alkanes) is 3. The molecule has 0 saturated heterocycles. The van der Waals surface area contributed by atoms with Gasteiger partial charge in [0.15, 0.2) is 6.61 Å². The smallest absolute Gasteiger partial charge is 0.257 e. The van der Waals surface area contributed by atoms with E-state index in [0.29, 0.717) is 13.2 Å². The van der Waals surface area contributed by atoms with E-state index in [1.165, 1.54) is 5.52 Å². The summed E-state index contributed by atoms with van der Waals surface area (Å²) in [6, 6.07) is 22.1. The van der Waals surface area contributed by atoms with Gasteiger partial charge in [-0.05, 0) is 93.1 Å². The van der Waals surface area contributed by atoms with Gasteiger partial charge in [0.25, 0.3) is 5.91 Å². The maximum absolute atomic E-state index is 12.2. The van der Waals surface area contributed by atoms with Crippen LogP contribution in [-0.2, 0) is 17.8 Å². The molecule has 4 aromatic rings. The van der Waals surface area contributed by atoms with Crippen molar-refractivity contribution < 1.29 is 19.0 Å². The minimum absolute atomic E-state index is 0.0411. The van der Waals surface area contributed by atoms with Gasteiger partial charge in [-0.15, -0.1) is 0 Å². The quantitative estimate of drug-likeness (QED) is 0.165. The van der Waals surface area contributed by atoms with Crippen LogP contribution in [-0.4, -0.2) is 42.3 Å². The van der Waals surface area contributed by atoms with E-state index in [1.807, 2.05) is 62.4 Å². The summed E-state index contributed by atoms with van der Waals surface area (Å²) < 4.78 is 19.1. The molecule has 1 heterocycles. The second-order valence-electron chi connectivity index (χ2n) is 10.1. The van der Waals surface area contributed by atoms with Crippen molar-refractivity contribution in [3.63, 3.8) is 0 Å². The number of hydrogen-bond acceptors (Lipinski definition) is 5. The molecule has 0 radical (unpaired) electrons. The molecule has 4 rings (SSSR count). The molecular weight excluding hydrogens is 502 g/mol. The highest BCUT2D eigenvalue weighted by Gasteiger charge is 2.10. The Balaban J connectivity index is 1.16. The van der Waals surface area contributed by atoms with Crippen LogP contribution < -0.4 is 19.5 Å². The zero-order valence-corrected chi connectivity index (χ0v) is 23.9. The maximum atomic E-state index is 12.2. The highest BCUT2D eigenvalue weighted by atomic mass is 16.5. The van der Waals surface area contributed by atoms with Crippen LogP contribution in [0.15, 0.2) is 66.7 Å². The summed E-state index contributed by atoms with van der Waals surface area (Å²) in [4.78, 5) is 17.1. The Morgan fingerprint density at radius 2 is 1.68 bits per heavy atom. The van der Waals surface area contributed by atoms with Gasteiger partial charge in [0.1, 0.15) is 23.1 Å². The van der Waals surface area contributed by atoms with E-state index in [0.717, 1.165) is 84.8 Å². The van der Waals surface area contributed by atoms with Gasteiger partial charge in [-0.1, -0.05) is 30.7 Å². The number of nitrogens with zero attached hydrogens (tertiary/aromatic N) is 2. The van der Waals surface area contributed by atoms with Crippen LogP contribution in [0, 0.1) is 13.8 Å². The van der Waals surface area contributed by atoms with Crippen molar-refractivity contribution in [2.24, 2.45) is 0 Å². The fourth-order valence-corrected chi connectivity index (χ4v) is 4.67. The number of ether oxygens (including phenoxy) is 3. The summed E-state index contributed by atoms with van der Waals surface area (Å²) in [5.41, 5.74) is 4.38. The van der Waals surface area contributed by atoms with E-state index in [4.69, 9.17) is 19.2 Å². The standard InChI is InChI=1S/C33H41N3O4/c1-25-14-15-26(2)31(23-25)40-24-33(37)34-20-8-4-5-13-32-35-29-11-6-7-12-30(29)36(32)21-9-10-22-39-28-18-16-27(38-3)17-19-28/h6-7,11-12,14-19,23H,4-5,8-10,13,20-22,24H2,1-3H3,(H,34,37). The van der Waals surface area contributed by atoms with E-state index >= 15 is 0 Å². The lowest BCUT2D eigenvalue weighted by Crippen LogP contribution is -2.29. The summed E-state index contributed by atoms with van der Waals surface area (Å²) in [5.74, 6) is 3.50. The summed E-state index contributed by atoms with van der Waals surface area (Å²) in [6.45, 7) is 6.29. The maximum Gasteiger partial charge on any atom is 0.257 e. The summed E-state index contributed by atoms with van der Waals surface area (Å²) in [6.07, 6.45) is 5.87. The third-order valence-corrected chi connectivity index (χ3v) is 6.94. The summed E-state index contributed by atoms with van der Waals surface area (Å²) in [5, 5.41) is 2.97. The third-order valence-electron chi connectivity index (χ3n) is 6.94. The number of imidazole rings is 1. The number of hydrogen-bond donors (Lipinski definition) is 1. The van der Waals surface area contributed by atoms with Crippen LogP contribution in [0.25, 0.3) is 11.0 Å². The Hall–Kier alpha value is -4.00. The molecule has 0 unspecified atom stereocenters. The van der Waals surface area contributed by atoms with Crippen LogP contribution in [0.4, 0.5) is 0 Å². The Kier molecular flexibility index (Phi) is 10.8. The van der Waals surface area contributed by atoms with Gasteiger partial charge in [0.2, 0.25) is 0 Å². The van der Waals surface area contributed by atoms with E-state index in [2.05, 4.69) is 28.1 Å². The number of carbonyl (C=O) groups is 1. The van der Waals surface area contributed by atoms with Crippen molar-refractivity contribution in [1.29, 1.82) is 0 Å². The molecule has 0 aliphatic rings. The van der Waals surface area contributed by atoms with Crippen molar-refractivity contribution in [2.45, 2.75) is 58.9 Å². The molecule has 3 aromatic carbocycles. The molecule has 1 amide bonds. The number of methoxy groups -OCH3 is 1. The number of aryl methyl sites for hydroxylation is 4. The largest absolute Gasteiger partial charge is 0.497 e. The molecule has 0 aliphatic heterocycles. The van der Waals surface area contributed by atoms with Crippen LogP contribution in [0.1, 0.15) is 49.1 Å². The average molecular weight is 544 g/mol. The second-order valence-corrected chi connectivity index (χ2v) is 10.1. The van der Waals surface area contributed by atoms with Crippen molar-refractivity contribution >= 4 is 16.9 Å². The van der Waals surface area contributed by atoms with Gasteiger partial charge in [0.05, 0.1) is 24.8 Å². The van der Waals surface area contributed by atoms with E-state index < -0.39 is 0 Å². The number of para-hydroxylation sites is 2. The first-order valence-corrected chi connectivity index (χ1v) is 14.2. The van der Waals surface area contributed by atoms with Crippen LogP contribution in [0.3, 0.4) is 0 Å².